The third-order valence-electron chi connectivity index (χ3n) is 6.01. The van der Waals surface area contributed by atoms with Gasteiger partial charge in [-0.3, -0.25) is 9.98 Å². The molecule has 0 bridgehead atoms. The molecular weight excluding hydrogens is 477 g/mol. The van der Waals surface area contributed by atoms with E-state index in [4.69, 9.17) is 10.1 Å². The van der Waals surface area contributed by atoms with Gasteiger partial charge in [-0.15, -0.1) is 13.2 Å². The van der Waals surface area contributed by atoms with E-state index in [2.05, 4.69) is 14.7 Å². The number of fused-ring (bicyclic) bond motifs is 1. The third-order valence-corrected chi connectivity index (χ3v) is 6.01. The molecule has 1 fully saturated rings. The van der Waals surface area contributed by atoms with Gasteiger partial charge >= 0.3 is 12.1 Å². The molecule has 9 nitrogen and oxygen atoms in total. The second-order valence-corrected chi connectivity index (χ2v) is 8.45. The largest absolute Gasteiger partial charge is 0.573 e. The fraction of sp³-hybridized carbons (Fsp3) is 0.375. The van der Waals surface area contributed by atoms with Crippen molar-refractivity contribution in [3.63, 3.8) is 0 Å². The Morgan fingerprint density at radius 3 is 2.61 bits per heavy atom. The van der Waals surface area contributed by atoms with E-state index in [1.165, 1.54) is 16.7 Å². The predicted molar refractivity (Wildman–Crippen MR) is 125 cm³/mol. The van der Waals surface area contributed by atoms with Crippen molar-refractivity contribution in [2.75, 3.05) is 24.6 Å². The molecule has 1 aromatic carbocycles. The fourth-order valence-electron chi connectivity index (χ4n) is 4.13. The maximum Gasteiger partial charge on any atom is 0.573 e. The number of anilines is 1. The van der Waals surface area contributed by atoms with Crippen LogP contribution >= 0.6 is 0 Å². The van der Waals surface area contributed by atoms with Gasteiger partial charge in [0.15, 0.2) is 5.82 Å². The monoisotopic (exact) mass is 500 g/mol. The number of benzene rings is 1. The van der Waals surface area contributed by atoms with Crippen molar-refractivity contribution < 1.29 is 22.6 Å². The number of hydrogen-bond acceptors (Lipinski definition) is 8. The maximum absolute atomic E-state index is 12.4. The van der Waals surface area contributed by atoms with Crippen LogP contribution in [0.15, 0.2) is 41.2 Å². The number of aryl methyl sites for hydroxylation is 1. The summed E-state index contributed by atoms with van der Waals surface area (Å²) >= 11 is 0. The first kappa shape index (κ1) is 25.0. The molecule has 3 heterocycles. The third kappa shape index (κ3) is 5.73. The number of nitrogens with one attached hydrogen (secondary N) is 1. The zero-order chi connectivity index (χ0) is 25.9. The highest BCUT2D eigenvalue weighted by Crippen LogP contribution is 2.27. The predicted octanol–water partition coefficient (Wildman–Crippen LogP) is 3.75. The van der Waals surface area contributed by atoms with Crippen molar-refractivity contribution in [1.82, 2.24) is 14.5 Å². The number of hydrogen-bond donors (Lipinski definition) is 1. The van der Waals surface area contributed by atoms with Gasteiger partial charge in [-0.25, -0.2) is 9.78 Å². The molecule has 1 aliphatic rings. The highest BCUT2D eigenvalue weighted by molar-refractivity contribution is 5.91. The van der Waals surface area contributed by atoms with Crippen LogP contribution in [0.2, 0.25) is 0 Å². The number of alkyl halides is 3. The molecule has 3 aromatic rings. The quantitative estimate of drug-likeness (QED) is 0.419. The Hall–Kier alpha value is -4.14. The summed E-state index contributed by atoms with van der Waals surface area (Å²) in [5.74, 6) is 0.0718. The maximum atomic E-state index is 12.4. The van der Waals surface area contributed by atoms with Gasteiger partial charge < -0.3 is 14.4 Å². The summed E-state index contributed by atoms with van der Waals surface area (Å²) in [6.07, 6.45) is -2.45. The van der Waals surface area contributed by atoms with E-state index in [1.54, 1.807) is 19.2 Å². The Bertz CT molecular complexity index is 1360. The van der Waals surface area contributed by atoms with Crippen LogP contribution in [0.4, 0.5) is 19.0 Å². The Kier molecular flexibility index (Phi) is 7.10. The second-order valence-electron chi connectivity index (χ2n) is 8.45. The molecule has 0 radical (unpaired) electrons. The number of halogens is 3. The lowest BCUT2D eigenvalue weighted by molar-refractivity contribution is -0.274. The van der Waals surface area contributed by atoms with Gasteiger partial charge in [0.25, 0.3) is 0 Å². The molecule has 1 N–H and O–H groups in total. The van der Waals surface area contributed by atoms with E-state index in [0.717, 1.165) is 25.0 Å². The fourth-order valence-corrected chi connectivity index (χ4v) is 4.13. The average Bonchev–Trinajstić information content (AvgIpc) is 3.09. The smallest absolute Gasteiger partial charge is 0.477 e. The molecule has 0 saturated carbocycles. The standard InChI is InChI=1S/C24H23F3N6O3/c1-32-19-9-6-17(13-28)30-20(19)22(31-23(32)34)33-11-2-3-15(10-12-33)14-35-21(29)16-4-7-18(8-5-16)36-24(25,26)27/h4-9,15,29H,2-3,10-12,14H2,1H3. The van der Waals surface area contributed by atoms with Gasteiger partial charge in [-0.2, -0.15) is 10.2 Å². The summed E-state index contributed by atoms with van der Waals surface area (Å²) in [6, 6.07) is 10.2. The number of ether oxygens (including phenoxy) is 2. The minimum absolute atomic E-state index is 0.128. The van der Waals surface area contributed by atoms with Crippen molar-refractivity contribution in [3.8, 4) is 11.8 Å². The van der Waals surface area contributed by atoms with Crippen molar-refractivity contribution in [2.45, 2.75) is 25.6 Å². The number of rotatable bonds is 5. The molecule has 0 aliphatic carbocycles. The van der Waals surface area contributed by atoms with Crippen molar-refractivity contribution >= 4 is 22.7 Å². The van der Waals surface area contributed by atoms with Gasteiger partial charge in [0.1, 0.15) is 23.0 Å². The molecule has 0 amide bonds. The van der Waals surface area contributed by atoms with E-state index < -0.39 is 12.1 Å². The van der Waals surface area contributed by atoms with Crippen LogP contribution in [0, 0.1) is 22.7 Å². The Morgan fingerprint density at radius 2 is 1.92 bits per heavy atom. The summed E-state index contributed by atoms with van der Waals surface area (Å²) < 4.78 is 47.8. The van der Waals surface area contributed by atoms with Crippen LogP contribution in [0.5, 0.6) is 5.75 Å². The topological polar surface area (TPSA) is 117 Å². The minimum Gasteiger partial charge on any atom is -0.477 e. The molecule has 0 spiro atoms. The van der Waals surface area contributed by atoms with Crippen LogP contribution in [0.3, 0.4) is 0 Å². The molecule has 1 saturated heterocycles. The zero-order valence-electron chi connectivity index (χ0n) is 19.4. The van der Waals surface area contributed by atoms with Crippen LogP contribution in [-0.2, 0) is 11.8 Å². The van der Waals surface area contributed by atoms with Gasteiger partial charge in [-0.05, 0) is 61.6 Å². The number of pyridine rings is 1. The van der Waals surface area contributed by atoms with E-state index in [0.29, 0.717) is 41.9 Å². The molecule has 12 heteroatoms. The van der Waals surface area contributed by atoms with Crippen LogP contribution < -0.4 is 15.3 Å². The summed E-state index contributed by atoms with van der Waals surface area (Å²) in [5, 5.41) is 17.4. The van der Waals surface area contributed by atoms with Crippen molar-refractivity contribution in [3.05, 3.63) is 58.1 Å². The normalized spacial score (nSPS) is 16.3. The molecule has 1 unspecified atom stereocenters. The first-order valence-corrected chi connectivity index (χ1v) is 11.2. The Morgan fingerprint density at radius 1 is 1.17 bits per heavy atom. The molecule has 36 heavy (non-hydrogen) atoms. The number of nitrogens with zero attached hydrogens (tertiary/aromatic N) is 5. The summed E-state index contributed by atoms with van der Waals surface area (Å²) in [7, 11) is 1.61. The molecular formula is C24H23F3N6O3. The highest BCUT2D eigenvalue weighted by atomic mass is 19.4. The molecule has 188 valence electrons. The van der Waals surface area contributed by atoms with Crippen molar-refractivity contribution in [2.24, 2.45) is 13.0 Å². The number of aromatic nitrogens is 3. The average molecular weight is 500 g/mol. The van der Waals surface area contributed by atoms with Gasteiger partial charge in [0.2, 0.25) is 5.90 Å². The van der Waals surface area contributed by atoms with E-state index >= 15 is 0 Å². The lowest BCUT2D eigenvalue weighted by Gasteiger charge is -2.23. The van der Waals surface area contributed by atoms with Crippen LogP contribution in [-0.4, -0.2) is 46.5 Å². The van der Waals surface area contributed by atoms with Gasteiger partial charge in [0, 0.05) is 25.7 Å². The molecule has 1 atom stereocenters. The van der Waals surface area contributed by atoms with Crippen molar-refractivity contribution in [1.29, 1.82) is 10.7 Å². The van der Waals surface area contributed by atoms with E-state index in [1.807, 2.05) is 11.0 Å². The van der Waals surface area contributed by atoms with Gasteiger partial charge in [-0.1, -0.05) is 0 Å². The van der Waals surface area contributed by atoms with Gasteiger partial charge in [0.05, 0.1) is 12.1 Å². The highest BCUT2D eigenvalue weighted by Gasteiger charge is 2.31. The SMILES string of the molecule is Cn1c(=O)nc(N2CCCC(COC(=N)c3ccc(OC(F)(F)F)cc3)CC2)c2nc(C#N)ccc21. The minimum atomic E-state index is -4.78. The summed E-state index contributed by atoms with van der Waals surface area (Å²) in [5.41, 5.74) is 1.25. The van der Waals surface area contributed by atoms with E-state index in [-0.39, 0.29) is 29.9 Å². The zero-order valence-corrected chi connectivity index (χ0v) is 19.4. The lowest BCUT2D eigenvalue weighted by Crippen LogP contribution is -2.31. The second kappa shape index (κ2) is 10.2. The van der Waals surface area contributed by atoms with Crippen LogP contribution in [0.1, 0.15) is 30.5 Å². The summed E-state index contributed by atoms with van der Waals surface area (Å²) in [4.78, 5) is 23.0. The lowest BCUT2D eigenvalue weighted by atomic mass is 10.0. The number of nitriles is 1. The molecule has 2 aromatic heterocycles. The molecule has 1 aliphatic heterocycles. The Balaban J connectivity index is 1.40. The first-order valence-electron chi connectivity index (χ1n) is 11.2. The first-order chi connectivity index (χ1) is 17.1. The molecule has 4 rings (SSSR count). The van der Waals surface area contributed by atoms with Crippen LogP contribution in [0.25, 0.3) is 11.0 Å². The Labute approximate surface area is 204 Å². The summed E-state index contributed by atoms with van der Waals surface area (Å²) in [6.45, 7) is 1.50. The van der Waals surface area contributed by atoms with E-state index in [9.17, 15) is 23.2 Å².